The van der Waals surface area contributed by atoms with Crippen molar-refractivity contribution < 1.29 is 23.7 Å². The molecule has 6 nitrogen and oxygen atoms in total. The molecule has 1 heterocycles. The number of rotatable bonds is 6. The number of amides is 1. The lowest BCUT2D eigenvalue weighted by atomic mass is 9.87. The Labute approximate surface area is 194 Å². The molecule has 0 saturated heterocycles. The molecule has 4 rings (SSSR count). The highest BCUT2D eigenvalue weighted by Crippen LogP contribution is 2.43. The monoisotopic (exact) mass is 447 g/mol. The summed E-state index contributed by atoms with van der Waals surface area (Å²) in [7, 11) is 6.47. The molecule has 0 saturated carbocycles. The molecule has 0 spiro atoms. The van der Waals surface area contributed by atoms with Gasteiger partial charge in [-0.25, -0.2) is 0 Å². The van der Waals surface area contributed by atoms with E-state index in [-0.39, 0.29) is 11.9 Å². The molecular formula is C27H29NO5. The summed E-state index contributed by atoms with van der Waals surface area (Å²) in [6, 6.07) is 17.1. The van der Waals surface area contributed by atoms with E-state index in [1.807, 2.05) is 66.4 Å². The van der Waals surface area contributed by atoms with Gasteiger partial charge in [-0.1, -0.05) is 23.8 Å². The highest BCUT2D eigenvalue weighted by atomic mass is 16.5. The second-order valence-electron chi connectivity index (χ2n) is 8.04. The number of ether oxygens (including phenoxy) is 4. The third kappa shape index (κ3) is 4.21. The summed E-state index contributed by atoms with van der Waals surface area (Å²) in [4.78, 5) is 15.6. The Hall–Kier alpha value is -3.67. The third-order valence-electron chi connectivity index (χ3n) is 6.16. The van der Waals surface area contributed by atoms with Gasteiger partial charge < -0.3 is 23.8 Å². The van der Waals surface area contributed by atoms with Crippen LogP contribution in [0.25, 0.3) is 0 Å². The van der Waals surface area contributed by atoms with Gasteiger partial charge in [-0.3, -0.25) is 4.79 Å². The van der Waals surface area contributed by atoms with Crippen LogP contribution in [0.3, 0.4) is 0 Å². The van der Waals surface area contributed by atoms with Crippen molar-refractivity contribution in [2.45, 2.75) is 19.4 Å². The Morgan fingerprint density at radius 3 is 2.03 bits per heavy atom. The van der Waals surface area contributed by atoms with Crippen molar-refractivity contribution in [3.05, 3.63) is 82.4 Å². The minimum absolute atomic E-state index is 0.0183. The van der Waals surface area contributed by atoms with E-state index in [9.17, 15) is 4.79 Å². The van der Waals surface area contributed by atoms with Gasteiger partial charge in [0.15, 0.2) is 23.0 Å². The summed E-state index contributed by atoms with van der Waals surface area (Å²) in [5.74, 6) is 2.55. The summed E-state index contributed by atoms with van der Waals surface area (Å²) in [5, 5.41) is 0. The van der Waals surface area contributed by atoms with Crippen molar-refractivity contribution in [3.8, 4) is 23.0 Å². The van der Waals surface area contributed by atoms with E-state index in [0.29, 0.717) is 35.1 Å². The largest absolute Gasteiger partial charge is 0.493 e. The normalized spacial score (nSPS) is 14.9. The van der Waals surface area contributed by atoms with Crippen LogP contribution < -0.4 is 18.9 Å². The van der Waals surface area contributed by atoms with Gasteiger partial charge in [-0.2, -0.15) is 0 Å². The van der Waals surface area contributed by atoms with Crippen molar-refractivity contribution in [2.75, 3.05) is 35.0 Å². The molecule has 1 atom stereocenters. The summed E-state index contributed by atoms with van der Waals surface area (Å²) < 4.78 is 22.1. The van der Waals surface area contributed by atoms with Crippen LogP contribution in [0.15, 0.2) is 54.6 Å². The first kappa shape index (κ1) is 22.5. The van der Waals surface area contributed by atoms with Gasteiger partial charge in [0.1, 0.15) is 0 Å². The van der Waals surface area contributed by atoms with Gasteiger partial charge in [-0.15, -0.1) is 0 Å². The van der Waals surface area contributed by atoms with Gasteiger partial charge in [0.2, 0.25) is 0 Å². The van der Waals surface area contributed by atoms with E-state index in [1.165, 1.54) is 0 Å². The van der Waals surface area contributed by atoms with Gasteiger partial charge >= 0.3 is 0 Å². The molecule has 6 heteroatoms. The fourth-order valence-electron chi connectivity index (χ4n) is 4.41. The molecule has 0 fully saturated rings. The molecule has 1 aliphatic heterocycles. The molecule has 0 N–H and O–H groups in total. The van der Waals surface area contributed by atoms with E-state index in [1.54, 1.807) is 28.4 Å². The van der Waals surface area contributed by atoms with E-state index < -0.39 is 0 Å². The van der Waals surface area contributed by atoms with Gasteiger partial charge in [0.05, 0.1) is 34.5 Å². The van der Waals surface area contributed by atoms with E-state index >= 15 is 0 Å². The summed E-state index contributed by atoms with van der Waals surface area (Å²) in [6.45, 7) is 2.59. The number of benzene rings is 3. The number of hydrogen-bond acceptors (Lipinski definition) is 5. The quantitative estimate of drug-likeness (QED) is 0.542. The number of hydrogen-bond donors (Lipinski definition) is 0. The lowest BCUT2D eigenvalue weighted by Crippen LogP contribution is -2.40. The Kier molecular flexibility index (Phi) is 6.45. The number of carbonyl (C=O) groups excluding carboxylic acids is 1. The molecule has 172 valence electrons. The molecule has 0 bridgehead atoms. The molecule has 0 unspecified atom stereocenters. The number of methoxy groups -OCH3 is 4. The van der Waals surface area contributed by atoms with Crippen molar-refractivity contribution >= 4 is 5.91 Å². The second-order valence-corrected chi connectivity index (χ2v) is 8.04. The minimum Gasteiger partial charge on any atom is -0.493 e. The number of fused-ring (bicyclic) bond motifs is 1. The van der Waals surface area contributed by atoms with Gasteiger partial charge in [0, 0.05) is 12.1 Å². The molecule has 1 aliphatic rings. The third-order valence-corrected chi connectivity index (χ3v) is 6.16. The highest BCUT2D eigenvalue weighted by Gasteiger charge is 2.34. The number of nitrogens with zero attached hydrogens (tertiary/aromatic N) is 1. The molecule has 1 amide bonds. The van der Waals surface area contributed by atoms with Crippen LogP contribution in [0.2, 0.25) is 0 Å². The summed E-state index contributed by atoms with van der Waals surface area (Å²) >= 11 is 0. The predicted molar refractivity (Wildman–Crippen MR) is 127 cm³/mol. The van der Waals surface area contributed by atoms with Crippen molar-refractivity contribution in [1.82, 2.24) is 4.90 Å². The van der Waals surface area contributed by atoms with E-state index in [0.717, 1.165) is 28.7 Å². The topological polar surface area (TPSA) is 57.2 Å². The van der Waals surface area contributed by atoms with E-state index in [2.05, 4.69) is 0 Å². The first-order valence-corrected chi connectivity index (χ1v) is 10.8. The standard InChI is InChI=1S/C27H29NO5/c1-17-6-8-18(9-7-17)27(29)28-13-12-19-14-24(32-4)25(33-5)16-21(19)26(28)20-10-11-22(30-2)23(15-20)31-3/h6-11,14-16,26H,12-13H2,1-5H3/t26-/m1/s1. The molecule has 0 aromatic heterocycles. The van der Waals surface area contributed by atoms with Crippen LogP contribution in [0.5, 0.6) is 23.0 Å². The maximum Gasteiger partial charge on any atom is 0.254 e. The van der Waals surface area contributed by atoms with Crippen LogP contribution in [-0.2, 0) is 6.42 Å². The molecule has 0 radical (unpaired) electrons. The van der Waals surface area contributed by atoms with E-state index in [4.69, 9.17) is 18.9 Å². The van der Waals surface area contributed by atoms with Crippen molar-refractivity contribution in [3.63, 3.8) is 0 Å². The Morgan fingerprint density at radius 2 is 1.39 bits per heavy atom. The zero-order chi connectivity index (χ0) is 23.5. The summed E-state index contributed by atoms with van der Waals surface area (Å²) in [5.41, 5.74) is 4.84. The fourth-order valence-corrected chi connectivity index (χ4v) is 4.41. The molecule has 33 heavy (non-hydrogen) atoms. The first-order valence-electron chi connectivity index (χ1n) is 10.8. The average Bonchev–Trinajstić information content (AvgIpc) is 2.86. The fraction of sp³-hybridized carbons (Fsp3) is 0.296. The van der Waals surface area contributed by atoms with Gasteiger partial charge in [-0.05, 0) is 66.4 Å². The minimum atomic E-state index is -0.317. The highest BCUT2D eigenvalue weighted by molar-refractivity contribution is 5.95. The lowest BCUT2D eigenvalue weighted by Gasteiger charge is -2.38. The van der Waals surface area contributed by atoms with Crippen molar-refractivity contribution in [2.24, 2.45) is 0 Å². The van der Waals surface area contributed by atoms with Crippen molar-refractivity contribution in [1.29, 1.82) is 0 Å². The molecule has 3 aromatic rings. The lowest BCUT2D eigenvalue weighted by molar-refractivity contribution is 0.0694. The Balaban J connectivity index is 1.87. The van der Waals surface area contributed by atoms with Crippen LogP contribution in [-0.4, -0.2) is 45.8 Å². The van der Waals surface area contributed by atoms with Gasteiger partial charge in [0.25, 0.3) is 5.91 Å². The zero-order valence-corrected chi connectivity index (χ0v) is 19.7. The summed E-state index contributed by atoms with van der Waals surface area (Å²) in [6.07, 6.45) is 0.719. The maximum absolute atomic E-state index is 13.7. The predicted octanol–water partition coefficient (Wildman–Crippen LogP) is 4.82. The zero-order valence-electron chi connectivity index (χ0n) is 19.7. The molecule has 0 aliphatic carbocycles. The van der Waals surface area contributed by atoms with Crippen LogP contribution in [0, 0.1) is 6.92 Å². The Morgan fingerprint density at radius 1 is 0.788 bits per heavy atom. The second kappa shape index (κ2) is 9.45. The van der Waals surface area contributed by atoms with Crippen LogP contribution in [0.4, 0.5) is 0 Å². The molecule has 3 aromatic carbocycles. The smallest absolute Gasteiger partial charge is 0.254 e. The molecular weight excluding hydrogens is 418 g/mol. The Bertz CT molecular complexity index is 1160. The average molecular weight is 448 g/mol. The first-order chi connectivity index (χ1) is 16.0. The number of aryl methyl sites for hydroxylation is 1. The SMILES string of the molecule is COc1ccc([C@@H]2c3cc(OC)c(OC)cc3CCN2C(=O)c2ccc(C)cc2)cc1OC. The number of carbonyl (C=O) groups is 1. The van der Waals surface area contributed by atoms with Crippen LogP contribution in [0.1, 0.15) is 38.7 Å². The maximum atomic E-state index is 13.7. The van der Waals surface area contributed by atoms with Crippen LogP contribution >= 0.6 is 0 Å².